The van der Waals surface area contributed by atoms with Crippen LogP contribution in [-0.2, 0) is 9.47 Å². The molecule has 6 heteroatoms. The first-order valence-electron chi connectivity index (χ1n) is 8.94. The maximum absolute atomic E-state index is 5.70. The molecule has 0 atom stereocenters. The lowest BCUT2D eigenvalue weighted by atomic mass is 10.4. The number of nitrogens with one attached hydrogen (secondary N) is 1. The molecule has 2 fully saturated rings. The van der Waals surface area contributed by atoms with Gasteiger partial charge in [0.15, 0.2) is 5.96 Å². The summed E-state index contributed by atoms with van der Waals surface area (Å²) in [5.74, 6) is 2.66. The van der Waals surface area contributed by atoms with Crippen LogP contribution in [0.25, 0.3) is 0 Å². The van der Waals surface area contributed by atoms with E-state index in [1.165, 1.54) is 25.7 Å². The third-order valence-corrected chi connectivity index (χ3v) is 4.08. The molecule has 2 saturated carbocycles. The van der Waals surface area contributed by atoms with Crippen molar-refractivity contribution in [3.63, 3.8) is 0 Å². The van der Waals surface area contributed by atoms with Crippen molar-refractivity contribution in [3.05, 3.63) is 0 Å². The van der Waals surface area contributed by atoms with Gasteiger partial charge in [-0.15, -0.1) is 24.0 Å². The van der Waals surface area contributed by atoms with E-state index in [9.17, 15) is 0 Å². The van der Waals surface area contributed by atoms with Gasteiger partial charge in [0.2, 0.25) is 0 Å². The minimum atomic E-state index is 0. The quantitative estimate of drug-likeness (QED) is 0.220. The molecular weight excluding hydrogens is 405 g/mol. The summed E-state index contributed by atoms with van der Waals surface area (Å²) in [5.41, 5.74) is 0. The van der Waals surface area contributed by atoms with Crippen molar-refractivity contribution < 1.29 is 9.47 Å². The van der Waals surface area contributed by atoms with Crippen molar-refractivity contribution in [2.24, 2.45) is 16.8 Å². The molecule has 0 unspecified atom stereocenters. The van der Waals surface area contributed by atoms with Crippen molar-refractivity contribution in [3.8, 4) is 0 Å². The first kappa shape index (κ1) is 21.0. The van der Waals surface area contributed by atoms with Gasteiger partial charge in [-0.25, -0.2) is 0 Å². The Hall–Kier alpha value is -0.0800. The van der Waals surface area contributed by atoms with Crippen LogP contribution in [0, 0.1) is 11.8 Å². The molecule has 23 heavy (non-hydrogen) atoms. The lowest BCUT2D eigenvalue weighted by molar-refractivity contribution is 0.115. The first-order valence-corrected chi connectivity index (χ1v) is 8.94. The Morgan fingerprint density at radius 2 is 1.70 bits per heavy atom. The Labute approximate surface area is 158 Å². The van der Waals surface area contributed by atoms with Gasteiger partial charge < -0.3 is 19.7 Å². The number of rotatable bonds is 12. The number of ether oxygens (including phenoxy) is 2. The van der Waals surface area contributed by atoms with Crippen LogP contribution in [-0.4, -0.2) is 64.0 Å². The summed E-state index contributed by atoms with van der Waals surface area (Å²) in [7, 11) is 2.07. The predicted octanol–water partition coefficient (Wildman–Crippen LogP) is 2.75. The van der Waals surface area contributed by atoms with Crippen LogP contribution in [0.3, 0.4) is 0 Å². The zero-order valence-corrected chi connectivity index (χ0v) is 17.1. The highest BCUT2D eigenvalue weighted by Gasteiger charge is 2.21. The van der Waals surface area contributed by atoms with E-state index in [-0.39, 0.29) is 24.0 Å². The highest BCUT2D eigenvalue weighted by Crippen LogP contribution is 2.29. The number of nitrogens with zero attached hydrogens (tertiary/aromatic N) is 2. The lowest BCUT2D eigenvalue weighted by Crippen LogP contribution is -2.40. The molecule has 0 spiro atoms. The summed E-state index contributed by atoms with van der Waals surface area (Å²) < 4.78 is 11.3. The van der Waals surface area contributed by atoms with Gasteiger partial charge in [-0.1, -0.05) is 0 Å². The Morgan fingerprint density at radius 3 is 2.26 bits per heavy atom. The Morgan fingerprint density at radius 1 is 1.09 bits per heavy atom. The summed E-state index contributed by atoms with van der Waals surface area (Å²) in [6.45, 7) is 8.18. The second-order valence-electron chi connectivity index (χ2n) is 6.55. The van der Waals surface area contributed by atoms with Crippen LogP contribution in [0.2, 0.25) is 0 Å². The minimum Gasteiger partial charge on any atom is -0.381 e. The molecule has 0 heterocycles. The van der Waals surface area contributed by atoms with Gasteiger partial charge in [0, 0.05) is 46.5 Å². The fourth-order valence-corrected chi connectivity index (χ4v) is 2.20. The highest BCUT2D eigenvalue weighted by molar-refractivity contribution is 14.0. The van der Waals surface area contributed by atoms with Crippen LogP contribution in [0.4, 0.5) is 0 Å². The van der Waals surface area contributed by atoms with Gasteiger partial charge in [-0.3, -0.25) is 4.99 Å². The maximum atomic E-state index is 5.70. The molecule has 0 aromatic heterocycles. The molecule has 136 valence electrons. The zero-order chi connectivity index (χ0) is 15.6. The van der Waals surface area contributed by atoms with Gasteiger partial charge in [-0.2, -0.15) is 0 Å². The molecule has 0 bridgehead atoms. The molecule has 0 aromatic carbocycles. The van der Waals surface area contributed by atoms with Crippen LogP contribution in [0.15, 0.2) is 4.99 Å². The number of guanidine groups is 1. The topological polar surface area (TPSA) is 46.1 Å². The normalized spacial score (nSPS) is 17.7. The first-order chi connectivity index (χ1) is 10.8. The highest BCUT2D eigenvalue weighted by atomic mass is 127. The van der Waals surface area contributed by atoms with Crippen molar-refractivity contribution in [1.82, 2.24) is 10.2 Å². The molecule has 1 N–H and O–H groups in total. The molecule has 0 radical (unpaired) electrons. The van der Waals surface area contributed by atoms with E-state index >= 15 is 0 Å². The van der Waals surface area contributed by atoms with E-state index in [0.29, 0.717) is 0 Å². The summed E-state index contributed by atoms with van der Waals surface area (Å²) in [6.07, 6.45) is 6.41. The monoisotopic (exact) mass is 439 g/mol. The predicted molar refractivity (Wildman–Crippen MR) is 106 cm³/mol. The lowest BCUT2D eigenvalue weighted by Gasteiger charge is -2.22. The van der Waals surface area contributed by atoms with Gasteiger partial charge in [0.25, 0.3) is 0 Å². The Kier molecular flexibility index (Phi) is 11.2. The molecule has 0 aliphatic heterocycles. The number of hydrogen-bond donors (Lipinski definition) is 1. The van der Waals surface area contributed by atoms with Crippen LogP contribution >= 0.6 is 24.0 Å². The van der Waals surface area contributed by atoms with E-state index in [1.807, 2.05) is 0 Å². The van der Waals surface area contributed by atoms with E-state index in [0.717, 1.165) is 70.3 Å². The molecule has 0 saturated heterocycles. The number of halogens is 1. The van der Waals surface area contributed by atoms with E-state index in [2.05, 4.69) is 29.2 Å². The fraction of sp³-hybridized carbons (Fsp3) is 0.941. The van der Waals surface area contributed by atoms with Crippen LogP contribution in [0.1, 0.15) is 39.0 Å². The van der Waals surface area contributed by atoms with Gasteiger partial charge in [0.05, 0.1) is 6.61 Å². The van der Waals surface area contributed by atoms with Gasteiger partial charge in [-0.05, 0) is 50.9 Å². The molecule has 0 aromatic rings. The molecule has 2 aliphatic rings. The van der Waals surface area contributed by atoms with Crippen molar-refractivity contribution in [2.45, 2.75) is 39.0 Å². The largest absolute Gasteiger partial charge is 0.381 e. The minimum absolute atomic E-state index is 0. The van der Waals surface area contributed by atoms with E-state index in [1.54, 1.807) is 0 Å². The average molecular weight is 439 g/mol. The third kappa shape index (κ3) is 10.4. The Balaban J connectivity index is 0.00000264. The third-order valence-electron chi connectivity index (χ3n) is 4.08. The summed E-state index contributed by atoms with van der Waals surface area (Å²) in [4.78, 5) is 6.82. The fourth-order valence-electron chi connectivity index (χ4n) is 2.20. The SMILES string of the molecule is CCNC(=NCCCOCC1CC1)N(C)CCOCC1CC1.I. The van der Waals surface area contributed by atoms with Crippen molar-refractivity contribution >= 4 is 29.9 Å². The molecule has 0 amide bonds. The van der Waals surface area contributed by atoms with Crippen molar-refractivity contribution in [1.29, 1.82) is 0 Å². The smallest absolute Gasteiger partial charge is 0.193 e. The second kappa shape index (κ2) is 12.3. The molecule has 2 aliphatic carbocycles. The molecule has 2 rings (SSSR count). The van der Waals surface area contributed by atoms with Gasteiger partial charge >= 0.3 is 0 Å². The second-order valence-corrected chi connectivity index (χ2v) is 6.55. The van der Waals surface area contributed by atoms with Crippen LogP contribution < -0.4 is 5.32 Å². The number of likely N-dealkylation sites (N-methyl/N-ethyl adjacent to an activating group) is 1. The number of aliphatic imine (C=N–C) groups is 1. The molecular formula is C17H34IN3O2. The summed E-state index contributed by atoms with van der Waals surface area (Å²) in [5, 5.41) is 3.34. The number of hydrogen-bond acceptors (Lipinski definition) is 3. The van der Waals surface area contributed by atoms with Gasteiger partial charge in [0.1, 0.15) is 0 Å². The van der Waals surface area contributed by atoms with Crippen molar-refractivity contribution in [2.75, 3.05) is 53.1 Å². The van der Waals surface area contributed by atoms with E-state index < -0.39 is 0 Å². The molecule has 5 nitrogen and oxygen atoms in total. The van der Waals surface area contributed by atoms with Crippen LogP contribution in [0.5, 0.6) is 0 Å². The standard InChI is InChI=1S/C17H33N3O2.HI/c1-3-18-17(19-9-4-11-21-13-15-5-6-15)20(2)10-12-22-14-16-7-8-16;/h15-16H,3-14H2,1-2H3,(H,18,19);1H. The zero-order valence-electron chi connectivity index (χ0n) is 14.8. The average Bonchev–Trinajstić information content (AvgIpc) is 3.40. The summed E-state index contributed by atoms with van der Waals surface area (Å²) in [6, 6.07) is 0. The Bertz CT molecular complexity index is 334. The van der Waals surface area contributed by atoms with E-state index in [4.69, 9.17) is 9.47 Å². The maximum Gasteiger partial charge on any atom is 0.193 e. The summed E-state index contributed by atoms with van der Waals surface area (Å²) >= 11 is 0.